The van der Waals surface area contributed by atoms with Crippen LogP contribution in [0.15, 0.2) is 60.7 Å². The van der Waals surface area contributed by atoms with Gasteiger partial charge in [-0.2, -0.15) is 0 Å². The number of aliphatic hydroxyl groups excluding tert-OH is 2. The Labute approximate surface area is 326 Å². The molecule has 2 aromatic carbocycles. The van der Waals surface area contributed by atoms with Gasteiger partial charge in [0, 0.05) is 12.0 Å². The van der Waals surface area contributed by atoms with Crippen LogP contribution >= 0.6 is 0 Å². The zero-order valence-electron chi connectivity index (χ0n) is 33.4. The fourth-order valence-electron chi connectivity index (χ4n) is 6.70. The molecule has 11 nitrogen and oxygen atoms in total. The summed E-state index contributed by atoms with van der Waals surface area (Å²) in [5.41, 5.74) is 3.84. The number of phenols is 4. The van der Waals surface area contributed by atoms with Crippen LogP contribution in [-0.2, 0) is 22.3 Å². The van der Waals surface area contributed by atoms with Crippen molar-refractivity contribution in [2.24, 2.45) is 17.8 Å². The molecule has 2 unspecified atom stereocenters. The highest BCUT2D eigenvalue weighted by atomic mass is 16.5. The van der Waals surface area contributed by atoms with Crippen molar-refractivity contribution in [1.29, 1.82) is 0 Å². The molecular weight excluding hydrogens is 704 g/mol. The predicted molar refractivity (Wildman–Crippen MR) is 214 cm³/mol. The maximum atomic E-state index is 12.5. The number of aliphatic hydroxyl groups is 3. The summed E-state index contributed by atoms with van der Waals surface area (Å²) in [5.74, 6) is -1.29. The summed E-state index contributed by atoms with van der Waals surface area (Å²) in [6.07, 6.45) is 12.3. The van der Waals surface area contributed by atoms with Gasteiger partial charge in [0.15, 0.2) is 0 Å². The van der Waals surface area contributed by atoms with Gasteiger partial charge in [-0.15, -0.1) is 0 Å². The van der Waals surface area contributed by atoms with Gasteiger partial charge in [-0.25, -0.2) is 9.59 Å². The smallest absolute Gasteiger partial charge is 0.342 e. The van der Waals surface area contributed by atoms with E-state index in [1.165, 1.54) is 11.6 Å². The Hall–Kier alpha value is -4.58. The largest absolute Gasteiger partial charge is 0.508 e. The van der Waals surface area contributed by atoms with E-state index in [4.69, 9.17) is 19.7 Å². The zero-order valence-corrected chi connectivity index (χ0v) is 33.4. The molecule has 0 fully saturated rings. The highest BCUT2D eigenvalue weighted by Crippen LogP contribution is 2.47. The third kappa shape index (κ3) is 13.6. The first-order valence-electron chi connectivity index (χ1n) is 19.1. The fourth-order valence-corrected chi connectivity index (χ4v) is 6.70. The lowest BCUT2D eigenvalue weighted by Gasteiger charge is -2.29. The molecule has 2 aliphatic carbocycles. The van der Waals surface area contributed by atoms with E-state index in [0.29, 0.717) is 35.8 Å². The Morgan fingerprint density at radius 1 is 0.818 bits per heavy atom. The van der Waals surface area contributed by atoms with Crippen LogP contribution in [0, 0.1) is 17.8 Å². The molecule has 0 amide bonds. The summed E-state index contributed by atoms with van der Waals surface area (Å²) < 4.78 is 9.81. The predicted octanol–water partition coefficient (Wildman–Crippen LogP) is 7.68. The highest BCUT2D eigenvalue weighted by Gasteiger charge is 2.31. The van der Waals surface area contributed by atoms with E-state index in [9.17, 15) is 35.1 Å². The van der Waals surface area contributed by atoms with Gasteiger partial charge in [-0.05, 0) is 100.0 Å². The number of benzene rings is 2. The van der Waals surface area contributed by atoms with Gasteiger partial charge in [0.25, 0.3) is 0 Å². The molecule has 0 aromatic heterocycles. The summed E-state index contributed by atoms with van der Waals surface area (Å²) >= 11 is 0. The van der Waals surface area contributed by atoms with Gasteiger partial charge in [0.1, 0.15) is 47.3 Å². The van der Waals surface area contributed by atoms with E-state index in [-0.39, 0.29) is 72.0 Å². The first-order chi connectivity index (χ1) is 25.9. The number of rotatable bonds is 13. The van der Waals surface area contributed by atoms with Gasteiger partial charge in [0.2, 0.25) is 0 Å². The minimum absolute atomic E-state index is 0.0105. The van der Waals surface area contributed by atoms with E-state index in [2.05, 4.69) is 26.2 Å². The maximum absolute atomic E-state index is 12.5. The molecule has 2 aromatic rings. The van der Waals surface area contributed by atoms with Crippen molar-refractivity contribution in [2.75, 3.05) is 26.4 Å². The summed E-state index contributed by atoms with van der Waals surface area (Å²) in [6, 6.07) is 4.07. The van der Waals surface area contributed by atoms with Crippen molar-refractivity contribution < 1.29 is 54.8 Å². The number of phenolic OH excluding ortho intramolecular Hbond substituents is 4. The SMILES string of the molecule is C=C(C)[C@@H]1CCC(C)C=C1c1c(O)cc(CCC)c(C(=O)OCCO)c1O.C=C(C)[C@H]1C=CC(C)(O)CC1.CCCc1cc(O)cc(O)c1C(=O)OCCO. The third-order valence-electron chi connectivity index (χ3n) is 9.56. The molecule has 11 heteroatoms. The standard InChI is InChI=1S/C22H30O5.C12H16O5.C10H16O/c1-5-6-15-12-18(24)20(21(25)19(15)22(26)27-10-9-23)17-11-14(4)7-8-16(17)13(2)3;1-2-3-8-6-9(14)7-10(15)11(8)12(16)17-5-4-13;1-8(2)9-4-6-10(3,11)7-5-9/h11-12,14,16,23-25H,2,5-10H2,1,3-4H3;6-7,13-15H,2-5H2,1H3;4,6,9,11H,1,5,7H2,2-3H3/t14?,16-;;9-,10?/m0.0/s1. The lowest BCUT2D eigenvalue weighted by molar-refractivity contribution is 0.0421. The van der Waals surface area contributed by atoms with Crippen LogP contribution in [0.4, 0.5) is 0 Å². The van der Waals surface area contributed by atoms with Crippen LogP contribution in [0.25, 0.3) is 5.57 Å². The zero-order chi connectivity index (χ0) is 41.5. The van der Waals surface area contributed by atoms with Crippen molar-refractivity contribution in [3.05, 3.63) is 88.5 Å². The number of hydrogen-bond donors (Lipinski definition) is 7. The van der Waals surface area contributed by atoms with E-state index >= 15 is 0 Å². The second-order valence-corrected chi connectivity index (χ2v) is 14.7. The van der Waals surface area contributed by atoms with Crippen LogP contribution in [0.2, 0.25) is 0 Å². The number of aryl methyl sites for hydroxylation is 2. The third-order valence-corrected chi connectivity index (χ3v) is 9.56. The Kier molecular flexibility index (Phi) is 18.7. The van der Waals surface area contributed by atoms with E-state index in [1.807, 2.05) is 46.8 Å². The molecule has 0 saturated heterocycles. The summed E-state index contributed by atoms with van der Waals surface area (Å²) in [6.45, 7) is 18.9. The van der Waals surface area contributed by atoms with Gasteiger partial charge < -0.3 is 45.2 Å². The molecule has 4 atom stereocenters. The number of ether oxygens (including phenoxy) is 2. The number of hydrogen-bond acceptors (Lipinski definition) is 11. The van der Waals surface area contributed by atoms with Crippen LogP contribution < -0.4 is 0 Å². The minimum atomic E-state index is -0.694. The highest BCUT2D eigenvalue weighted by molar-refractivity contribution is 5.98. The molecule has 0 heterocycles. The van der Waals surface area contributed by atoms with Gasteiger partial charge >= 0.3 is 11.9 Å². The molecular formula is C44H62O11. The van der Waals surface area contributed by atoms with Crippen LogP contribution in [0.1, 0.15) is 117 Å². The van der Waals surface area contributed by atoms with E-state index in [1.54, 1.807) is 6.07 Å². The summed E-state index contributed by atoms with van der Waals surface area (Å²) in [5, 5.41) is 67.7. The van der Waals surface area contributed by atoms with Crippen LogP contribution in [0.5, 0.6) is 23.0 Å². The van der Waals surface area contributed by atoms with E-state index in [0.717, 1.165) is 55.7 Å². The van der Waals surface area contributed by atoms with Gasteiger partial charge in [-0.1, -0.05) is 76.1 Å². The molecule has 2 aliphatic rings. The molecule has 0 radical (unpaired) electrons. The van der Waals surface area contributed by atoms with E-state index < -0.39 is 17.5 Å². The first-order valence-corrected chi connectivity index (χ1v) is 19.1. The molecule has 0 bridgehead atoms. The quantitative estimate of drug-likeness (QED) is 0.0781. The van der Waals surface area contributed by atoms with Crippen LogP contribution in [-0.4, -0.2) is 79.7 Å². The number of allylic oxidation sites excluding steroid dienone is 5. The van der Waals surface area contributed by atoms with Crippen molar-refractivity contribution in [1.82, 2.24) is 0 Å². The Balaban J connectivity index is 0.000000317. The average molecular weight is 767 g/mol. The van der Waals surface area contributed by atoms with Gasteiger partial charge in [-0.3, -0.25) is 0 Å². The molecule has 0 saturated carbocycles. The van der Waals surface area contributed by atoms with Crippen molar-refractivity contribution in [3.63, 3.8) is 0 Å². The Bertz CT molecular complexity index is 1700. The molecule has 4 rings (SSSR count). The first kappa shape index (κ1) is 46.6. The summed E-state index contributed by atoms with van der Waals surface area (Å²) in [7, 11) is 0. The van der Waals surface area contributed by atoms with Crippen molar-refractivity contribution >= 4 is 17.5 Å². The molecule has 0 spiro atoms. The Morgan fingerprint density at radius 3 is 1.87 bits per heavy atom. The monoisotopic (exact) mass is 766 g/mol. The van der Waals surface area contributed by atoms with Crippen molar-refractivity contribution in [2.45, 2.75) is 98.5 Å². The molecule has 304 valence electrons. The number of aromatic hydroxyl groups is 4. The average Bonchev–Trinajstić information content (AvgIpc) is 3.10. The molecule has 0 aliphatic heterocycles. The Morgan fingerprint density at radius 2 is 1.38 bits per heavy atom. The fraction of sp³-hybridized carbons (Fsp3) is 0.500. The molecule has 55 heavy (non-hydrogen) atoms. The van der Waals surface area contributed by atoms with Crippen LogP contribution in [0.3, 0.4) is 0 Å². The second kappa shape index (κ2) is 22.1. The topological polar surface area (TPSA) is 194 Å². The lowest BCUT2D eigenvalue weighted by atomic mass is 9.76. The normalized spacial score (nSPS) is 20.2. The molecule has 7 N–H and O–H groups in total. The maximum Gasteiger partial charge on any atom is 0.342 e. The summed E-state index contributed by atoms with van der Waals surface area (Å²) in [4.78, 5) is 24.2. The lowest BCUT2D eigenvalue weighted by Crippen LogP contribution is -2.25. The van der Waals surface area contributed by atoms with Crippen molar-refractivity contribution in [3.8, 4) is 23.0 Å². The second-order valence-electron chi connectivity index (χ2n) is 14.7. The number of carbonyl (C=O) groups is 2. The number of carbonyl (C=O) groups excluding carboxylic acids is 2. The van der Waals surface area contributed by atoms with Gasteiger partial charge in [0.05, 0.1) is 24.4 Å². The number of esters is 2. The minimum Gasteiger partial charge on any atom is -0.508 e.